The molecule has 1 atom stereocenters. The van der Waals surface area contributed by atoms with E-state index in [1.807, 2.05) is 13.8 Å². The molecule has 0 bridgehead atoms. The molecule has 3 heteroatoms. The van der Waals surface area contributed by atoms with Gasteiger partial charge in [0.2, 0.25) is 0 Å². The highest BCUT2D eigenvalue weighted by molar-refractivity contribution is 4.91. The van der Waals surface area contributed by atoms with Crippen LogP contribution in [0.15, 0.2) is 0 Å². The summed E-state index contributed by atoms with van der Waals surface area (Å²) >= 11 is 0. The Kier molecular flexibility index (Phi) is 4.20. The lowest BCUT2D eigenvalue weighted by Crippen LogP contribution is -2.39. The van der Waals surface area contributed by atoms with E-state index < -0.39 is 0 Å². The van der Waals surface area contributed by atoms with E-state index in [0.717, 1.165) is 0 Å². The number of rotatable bonds is 5. The minimum absolute atomic E-state index is 0.152. The van der Waals surface area contributed by atoms with Crippen molar-refractivity contribution in [3.63, 3.8) is 0 Å². The van der Waals surface area contributed by atoms with Gasteiger partial charge in [0.15, 0.2) is 0 Å². The zero-order valence-electron chi connectivity index (χ0n) is 8.42. The second-order valence-corrected chi connectivity index (χ2v) is 3.89. The largest absolute Gasteiger partial charge is 0.375 e. The molecule has 1 aliphatic rings. The molecule has 1 fully saturated rings. The smallest absolute Gasteiger partial charge is 0.119 e. The maximum absolute atomic E-state index is 8.79. The molecule has 13 heavy (non-hydrogen) atoms. The number of nitriles is 1. The Morgan fingerprint density at radius 1 is 1.54 bits per heavy atom. The summed E-state index contributed by atoms with van der Waals surface area (Å²) in [6, 6.07) is 2.39. The van der Waals surface area contributed by atoms with Gasteiger partial charge in [-0.2, -0.15) is 5.26 Å². The Morgan fingerprint density at radius 2 is 2.23 bits per heavy atom. The van der Waals surface area contributed by atoms with Crippen molar-refractivity contribution in [2.75, 3.05) is 6.61 Å². The van der Waals surface area contributed by atoms with Gasteiger partial charge in [-0.05, 0) is 33.1 Å². The number of hydrogen-bond acceptors (Lipinski definition) is 3. The van der Waals surface area contributed by atoms with Crippen LogP contribution in [0.4, 0.5) is 0 Å². The summed E-state index contributed by atoms with van der Waals surface area (Å²) < 4.78 is 5.55. The topological polar surface area (TPSA) is 45.0 Å². The predicted molar refractivity (Wildman–Crippen MR) is 51.3 cm³/mol. The number of hydrogen-bond donors (Lipinski definition) is 1. The van der Waals surface area contributed by atoms with Gasteiger partial charge in [0.1, 0.15) is 6.04 Å². The van der Waals surface area contributed by atoms with Gasteiger partial charge in [-0.3, -0.25) is 5.32 Å². The molecule has 0 amide bonds. The molecule has 0 saturated heterocycles. The molecule has 0 aromatic rings. The molecule has 0 radical (unpaired) electrons. The Bertz CT molecular complexity index is 182. The minimum atomic E-state index is -0.152. The van der Waals surface area contributed by atoms with E-state index in [1.165, 1.54) is 19.3 Å². The molecule has 1 unspecified atom stereocenters. The van der Waals surface area contributed by atoms with E-state index in [-0.39, 0.29) is 6.04 Å². The lowest BCUT2D eigenvalue weighted by Gasteiger charge is -2.27. The highest BCUT2D eigenvalue weighted by atomic mass is 16.5. The van der Waals surface area contributed by atoms with E-state index >= 15 is 0 Å². The first-order valence-electron chi connectivity index (χ1n) is 4.99. The van der Waals surface area contributed by atoms with E-state index in [0.29, 0.717) is 18.8 Å². The highest BCUT2D eigenvalue weighted by Crippen LogP contribution is 2.21. The maximum Gasteiger partial charge on any atom is 0.119 e. The molecule has 0 aromatic heterocycles. The Morgan fingerprint density at radius 3 is 2.62 bits per heavy atom. The first-order valence-corrected chi connectivity index (χ1v) is 4.99. The summed E-state index contributed by atoms with van der Waals surface area (Å²) in [5, 5.41) is 11.9. The third-order valence-electron chi connectivity index (χ3n) is 2.24. The molecular formula is C10H18N2O. The minimum Gasteiger partial charge on any atom is -0.375 e. The monoisotopic (exact) mass is 182 g/mol. The van der Waals surface area contributed by atoms with Gasteiger partial charge in [-0.1, -0.05) is 0 Å². The molecule has 0 spiro atoms. The van der Waals surface area contributed by atoms with Gasteiger partial charge in [-0.15, -0.1) is 0 Å². The zero-order chi connectivity index (χ0) is 9.68. The standard InChI is InChI=1S/C10H18N2O/c1-8(2)12-9(6-11)7-13-10-4-3-5-10/h8-10,12H,3-5,7H2,1-2H3. The fourth-order valence-corrected chi connectivity index (χ4v) is 1.29. The summed E-state index contributed by atoms with van der Waals surface area (Å²) in [5.74, 6) is 0. The quantitative estimate of drug-likeness (QED) is 0.700. The van der Waals surface area contributed by atoms with Gasteiger partial charge < -0.3 is 4.74 Å². The van der Waals surface area contributed by atoms with Crippen molar-refractivity contribution in [3.8, 4) is 6.07 Å². The summed E-state index contributed by atoms with van der Waals surface area (Å²) in [7, 11) is 0. The van der Waals surface area contributed by atoms with E-state index in [1.54, 1.807) is 0 Å². The average Bonchev–Trinajstić information content (AvgIpc) is 1.99. The van der Waals surface area contributed by atoms with Crippen LogP contribution >= 0.6 is 0 Å². The van der Waals surface area contributed by atoms with Crippen LogP contribution in [-0.2, 0) is 4.74 Å². The molecule has 1 N–H and O–H groups in total. The highest BCUT2D eigenvalue weighted by Gasteiger charge is 2.19. The van der Waals surface area contributed by atoms with Gasteiger partial charge in [0.05, 0.1) is 18.8 Å². The third kappa shape index (κ3) is 3.75. The molecule has 0 heterocycles. The lowest BCUT2D eigenvalue weighted by atomic mass is 9.96. The third-order valence-corrected chi connectivity index (χ3v) is 2.24. The van der Waals surface area contributed by atoms with Gasteiger partial charge >= 0.3 is 0 Å². The van der Waals surface area contributed by atoms with Gasteiger partial charge in [-0.25, -0.2) is 0 Å². The molecule has 1 aliphatic carbocycles. The molecule has 3 nitrogen and oxygen atoms in total. The Balaban J connectivity index is 2.12. The molecule has 1 saturated carbocycles. The van der Waals surface area contributed by atoms with E-state index in [4.69, 9.17) is 10.00 Å². The first-order chi connectivity index (χ1) is 6.22. The Hall–Kier alpha value is -0.590. The van der Waals surface area contributed by atoms with Crippen LogP contribution < -0.4 is 5.32 Å². The first kappa shape index (κ1) is 10.5. The van der Waals surface area contributed by atoms with Gasteiger partial charge in [0, 0.05) is 6.04 Å². The van der Waals surface area contributed by atoms with Gasteiger partial charge in [0.25, 0.3) is 0 Å². The Labute approximate surface area is 80.1 Å². The molecule has 0 aromatic carbocycles. The van der Waals surface area contributed by atoms with Crippen molar-refractivity contribution < 1.29 is 4.74 Å². The molecular weight excluding hydrogens is 164 g/mol. The normalized spacial score (nSPS) is 19.5. The van der Waals surface area contributed by atoms with Crippen LogP contribution in [-0.4, -0.2) is 24.8 Å². The number of nitrogens with zero attached hydrogens (tertiary/aromatic N) is 1. The second kappa shape index (κ2) is 5.21. The number of ether oxygens (including phenoxy) is 1. The van der Waals surface area contributed by atoms with Crippen LogP contribution in [0.2, 0.25) is 0 Å². The lowest BCUT2D eigenvalue weighted by molar-refractivity contribution is -0.00323. The SMILES string of the molecule is CC(C)NC(C#N)COC1CCC1. The van der Waals surface area contributed by atoms with Crippen molar-refractivity contribution in [3.05, 3.63) is 0 Å². The van der Waals surface area contributed by atoms with Crippen LogP contribution in [0.1, 0.15) is 33.1 Å². The average molecular weight is 182 g/mol. The van der Waals surface area contributed by atoms with E-state index in [2.05, 4.69) is 11.4 Å². The van der Waals surface area contributed by atoms with Crippen molar-refractivity contribution in [2.24, 2.45) is 0 Å². The van der Waals surface area contributed by atoms with Crippen molar-refractivity contribution in [2.45, 2.75) is 51.3 Å². The van der Waals surface area contributed by atoms with Crippen LogP contribution in [0.3, 0.4) is 0 Å². The summed E-state index contributed by atoms with van der Waals surface area (Å²) in [6.45, 7) is 4.60. The maximum atomic E-state index is 8.79. The number of nitrogens with one attached hydrogen (secondary N) is 1. The zero-order valence-corrected chi connectivity index (χ0v) is 8.42. The fourth-order valence-electron chi connectivity index (χ4n) is 1.29. The summed E-state index contributed by atoms with van der Waals surface area (Å²) in [5.41, 5.74) is 0. The predicted octanol–water partition coefficient (Wildman–Crippen LogP) is 1.45. The van der Waals surface area contributed by atoms with Crippen molar-refractivity contribution in [1.82, 2.24) is 5.32 Å². The second-order valence-electron chi connectivity index (χ2n) is 3.89. The van der Waals surface area contributed by atoms with Crippen molar-refractivity contribution in [1.29, 1.82) is 5.26 Å². The fraction of sp³-hybridized carbons (Fsp3) is 0.900. The van der Waals surface area contributed by atoms with Crippen LogP contribution in [0.25, 0.3) is 0 Å². The molecule has 1 rings (SSSR count). The van der Waals surface area contributed by atoms with E-state index in [9.17, 15) is 0 Å². The summed E-state index contributed by atoms with van der Waals surface area (Å²) in [6.07, 6.45) is 4.03. The van der Waals surface area contributed by atoms with Crippen LogP contribution in [0.5, 0.6) is 0 Å². The summed E-state index contributed by atoms with van der Waals surface area (Å²) in [4.78, 5) is 0. The molecule has 0 aliphatic heterocycles. The molecule has 74 valence electrons. The van der Waals surface area contributed by atoms with Crippen molar-refractivity contribution >= 4 is 0 Å². The van der Waals surface area contributed by atoms with Crippen LogP contribution in [0, 0.1) is 11.3 Å².